The highest BCUT2D eigenvalue weighted by Crippen LogP contribution is 2.55. The summed E-state index contributed by atoms with van der Waals surface area (Å²) >= 11 is 0. The van der Waals surface area contributed by atoms with E-state index in [0.717, 1.165) is 44.7 Å². The molecule has 1 amide bonds. The van der Waals surface area contributed by atoms with Crippen LogP contribution in [0.25, 0.3) is 0 Å². The fourth-order valence-corrected chi connectivity index (χ4v) is 17.8. The van der Waals surface area contributed by atoms with Crippen molar-refractivity contribution in [1.82, 2.24) is 14.8 Å². The molecule has 3 aliphatic heterocycles. The minimum atomic E-state index is -1.91. The molecule has 3 fully saturated rings. The Balaban J connectivity index is 1.09. The Hall–Kier alpha value is -3.36. The van der Waals surface area contributed by atoms with Crippen LogP contribution in [0.1, 0.15) is 178 Å². The maximum atomic E-state index is 14.6. The molecule has 3 N–H and O–H groups in total. The van der Waals surface area contributed by atoms with Crippen LogP contribution < -0.4 is 16.0 Å². The van der Waals surface area contributed by atoms with Crippen LogP contribution >= 0.6 is 7.26 Å². The molecule has 3 saturated heterocycles. The zero-order valence-corrected chi connectivity index (χ0v) is 52.0. The van der Waals surface area contributed by atoms with Crippen LogP contribution in [0.5, 0.6) is 0 Å². The van der Waals surface area contributed by atoms with Crippen LogP contribution in [0.3, 0.4) is 0 Å². The number of aliphatic hydroxyl groups is 3. The smallest absolute Gasteiger partial charge is 0.309 e. The highest BCUT2D eigenvalue weighted by Gasteiger charge is 2.52. The summed E-state index contributed by atoms with van der Waals surface area (Å²) < 4.78 is 32.4. The molecule has 6 rings (SSSR count). The van der Waals surface area contributed by atoms with E-state index in [0.29, 0.717) is 25.8 Å². The molecule has 80 heavy (non-hydrogen) atoms. The monoisotopic (exact) mass is 1130 g/mol. The van der Waals surface area contributed by atoms with Gasteiger partial charge in [0.2, 0.25) is 5.91 Å². The molecule has 4 heterocycles. The molecule has 15 atom stereocenters. The molecule has 3 aromatic rings. The number of ether oxygens (including phenoxy) is 5. The molecular formula is C66H105N3O10P+. The number of aromatic nitrogens is 1. The van der Waals surface area contributed by atoms with Crippen LogP contribution in [0.2, 0.25) is 0 Å². The summed E-state index contributed by atoms with van der Waals surface area (Å²) in [7, 11) is 3.78. The predicted octanol–water partition coefficient (Wildman–Crippen LogP) is 10.6. The zero-order chi connectivity index (χ0) is 58.3. The number of hydrogen-bond acceptors (Lipinski definition) is 12. The van der Waals surface area contributed by atoms with E-state index in [4.69, 9.17) is 28.7 Å². The first-order chi connectivity index (χ1) is 38.0. The van der Waals surface area contributed by atoms with Crippen molar-refractivity contribution >= 4 is 35.2 Å². The summed E-state index contributed by atoms with van der Waals surface area (Å²) in [5.41, 5.74) is -2.67. The molecule has 1 aromatic heterocycles. The molecule has 0 saturated carbocycles. The highest BCUT2D eigenvalue weighted by molar-refractivity contribution is 7.95. The maximum Gasteiger partial charge on any atom is 0.309 e. The molecule has 0 radical (unpaired) electrons. The van der Waals surface area contributed by atoms with Gasteiger partial charge in [-0.1, -0.05) is 108 Å². The molecule has 1 unspecified atom stereocenters. The number of nitrogens with zero attached hydrogens (tertiary/aromatic N) is 3. The lowest BCUT2D eigenvalue weighted by Crippen LogP contribution is -2.59. The summed E-state index contributed by atoms with van der Waals surface area (Å²) in [4.78, 5) is 38.2. The lowest BCUT2D eigenvalue weighted by molar-refractivity contribution is -0.263. The van der Waals surface area contributed by atoms with Crippen LogP contribution in [0.4, 0.5) is 0 Å². The molecule has 13 nitrogen and oxygen atoms in total. The molecule has 2 aromatic carbocycles. The number of hydrogen-bond donors (Lipinski definition) is 3. The van der Waals surface area contributed by atoms with Crippen LogP contribution in [0, 0.1) is 17.8 Å². The SMILES string of the molecule is CC[C@H]1OC(=O)[C@H](C)[C@@H](C2C[C@@](C)(OC)[C@@H](O)[C@H](C)O2)C[C@@H](O[C@H]2C[C@@H](N(C)C)C[C@@H](C)O2)[C@](C)(O)C[C@@H](C)CN(C(=O)CCCCCCCCCCCC[P+](c2ccccc2)(c2ccccc2)c2ccccn2)[C@H](C)C[C@]1(C)O. The number of pyridine rings is 1. The zero-order valence-electron chi connectivity index (χ0n) is 51.1. The number of methoxy groups -OCH3 is 1. The Morgan fingerprint density at radius 2 is 1.35 bits per heavy atom. The minimum absolute atomic E-state index is 0.0240. The van der Waals surface area contributed by atoms with E-state index >= 15 is 0 Å². The van der Waals surface area contributed by atoms with Gasteiger partial charge in [0, 0.05) is 63.2 Å². The first-order valence-corrected chi connectivity index (χ1v) is 32.7. The van der Waals surface area contributed by atoms with Gasteiger partial charge in [0.25, 0.3) is 0 Å². The third-order valence-electron chi connectivity index (χ3n) is 18.4. The first kappa shape index (κ1) is 65.8. The van der Waals surface area contributed by atoms with E-state index in [1.165, 1.54) is 48.1 Å². The number of cyclic esters (lactones) is 1. The Bertz CT molecular complexity index is 2200. The van der Waals surface area contributed by atoms with Crippen LogP contribution in [-0.4, -0.2) is 148 Å². The van der Waals surface area contributed by atoms with E-state index in [1.807, 2.05) is 58.7 Å². The molecule has 0 aliphatic carbocycles. The lowest BCUT2D eigenvalue weighted by atomic mass is 9.73. The normalized spacial score (nSPS) is 33.4. The van der Waals surface area contributed by atoms with Crippen LogP contribution in [-0.2, 0) is 33.3 Å². The van der Waals surface area contributed by atoms with E-state index in [2.05, 4.69) is 98.7 Å². The van der Waals surface area contributed by atoms with Crippen molar-refractivity contribution in [3.63, 3.8) is 0 Å². The average Bonchev–Trinajstić information content (AvgIpc) is 3.44. The Morgan fingerprint density at radius 1 is 0.762 bits per heavy atom. The van der Waals surface area contributed by atoms with Crippen molar-refractivity contribution in [1.29, 1.82) is 0 Å². The number of carbonyl (C=O) groups excluding carboxylic acids is 2. The maximum absolute atomic E-state index is 14.6. The van der Waals surface area contributed by atoms with Crippen molar-refractivity contribution in [3.8, 4) is 0 Å². The Morgan fingerprint density at radius 3 is 1.91 bits per heavy atom. The van der Waals surface area contributed by atoms with Gasteiger partial charge >= 0.3 is 5.97 Å². The molecule has 14 heteroatoms. The number of rotatable bonds is 22. The summed E-state index contributed by atoms with van der Waals surface area (Å²) in [5, 5.41) is 39.3. The minimum Gasteiger partial charge on any atom is -0.459 e. The first-order valence-electron chi connectivity index (χ1n) is 30.8. The van der Waals surface area contributed by atoms with Crippen molar-refractivity contribution < 1.29 is 48.6 Å². The van der Waals surface area contributed by atoms with E-state index in [-0.39, 0.29) is 55.7 Å². The number of esters is 1. The highest BCUT2D eigenvalue weighted by atomic mass is 31.2. The van der Waals surface area contributed by atoms with Crippen molar-refractivity contribution in [2.45, 2.75) is 250 Å². The summed E-state index contributed by atoms with van der Waals surface area (Å²) in [6, 6.07) is 28.2. The van der Waals surface area contributed by atoms with Gasteiger partial charge in [0.1, 0.15) is 35.7 Å². The van der Waals surface area contributed by atoms with Gasteiger partial charge in [-0.3, -0.25) is 9.59 Å². The third-order valence-corrected chi connectivity index (χ3v) is 22.8. The van der Waals surface area contributed by atoms with Gasteiger partial charge in [-0.25, -0.2) is 4.98 Å². The number of carbonyl (C=O) groups is 2. The second-order valence-corrected chi connectivity index (χ2v) is 29.0. The summed E-state index contributed by atoms with van der Waals surface area (Å²) in [6.45, 7) is 17.4. The second-order valence-electron chi connectivity index (χ2n) is 25.5. The number of benzene rings is 2. The number of unbranched alkanes of at least 4 members (excludes halogenated alkanes) is 9. The molecule has 0 spiro atoms. The molecular weight excluding hydrogens is 1030 g/mol. The topological polar surface area (TPSA) is 160 Å². The summed E-state index contributed by atoms with van der Waals surface area (Å²) in [5.74, 6) is -1.98. The van der Waals surface area contributed by atoms with Gasteiger partial charge in [-0.15, -0.1) is 0 Å². The van der Waals surface area contributed by atoms with Gasteiger partial charge in [0.15, 0.2) is 11.7 Å². The second kappa shape index (κ2) is 30.4. The molecule has 3 aliphatic rings. The number of aliphatic hydroxyl groups excluding tert-OH is 1. The Kier molecular flexibility index (Phi) is 25.0. The lowest BCUT2D eigenvalue weighted by Gasteiger charge is -2.49. The van der Waals surface area contributed by atoms with Crippen molar-refractivity contribution in [2.24, 2.45) is 17.8 Å². The standard InChI is InChI=1S/C66H105N3O10P/c1-13-57-65(8,74)44-48(3)69(60(70)37-28-20-18-16-14-15-17-19-21-31-39-80(53-32-24-22-25-33-53,54-34-26-23-27-35-54)59-36-29-30-38-67-59)46-47(2)43-64(7,73)58(78-61-41-52(68(10)11)40-49(4)76-61)42-55(50(5)63(72)79-57)56-45-66(9,75-12)62(71)51(6)77-56/h22-27,29-30,32-36,38,47-52,55-58,61-62,71,73-74H,13-21,28,31,37,39-46H2,1-12H3/q+1/t47-,48-,49-,50-,51+,52+,55+,56?,57-,58-,61+,62+,64-,65+,66-/m1/s1. The largest absolute Gasteiger partial charge is 0.459 e. The van der Waals surface area contributed by atoms with Gasteiger partial charge in [0.05, 0.1) is 47.7 Å². The predicted molar refractivity (Wildman–Crippen MR) is 323 cm³/mol. The van der Waals surface area contributed by atoms with Gasteiger partial charge in [-0.2, -0.15) is 0 Å². The third kappa shape index (κ3) is 17.4. The van der Waals surface area contributed by atoms with Gasteiger partial charge in [-0.05, 0) is 143 Å². The van der Waals surface area contributed by atoms with Crippen LogP contribution in [0.15, 0.2) is 85.1 Å². The fourth-order valence-electron chi connectivity index (χ4n) is 13.6. The fraction of sp³-hybridized carbons (Fsp3) is 0.712. The van der Waals surface area contributed by atoms with Gasteiger partial charge < -0.3 is 48.8 Å². The average molecular weight is 1130 g/mol. The van der Waals surface area contributed by atoms with Crippen molar-refractivity contribution in [3.05, 3.63) is 85.1 Å². The molecule has 448 valence electrons. The van der Waals surface area contributed by atoms with E-state index in [9.17, 15) is 24.9 Å². The summed E-state index contributed by atoms with van der Waals surface area (Å²) in [6.07, 6.45) is 12.8. The number of amides is 1. The van der Waals surface area contributed by atoms with Crippen molar-refractivity contribution in [2.75, 3.05) is 33.9 Å². The molecule has 0 bridgehead atoms. The van der Waals surface area contributed by atoms with E-state index in [1.54, 1.807) is 21.0 Å². The Labute approximate surface area is 483 Å². The quantitative estimate of drug-likeness (QED) is 0.0497. The van der Waals surface area contributed by atoms with E-state index < -0.39 is 78.7 Å².